The molecule has 1 rings (SSSR count). The van der Waals surface area contributed by atoms with E-state index in [1.807, 2.05) is 6.92 Å². The fourth-order valence-corrected chi connectivity index (χ4v) is 2.24. The number of hydrogen-bond acceptors (Lipinski definition) is 5. The van der Waals surface area contributed by atoms with Crippen molar-refractivity contribution in [1.29, 1.82) is 0 Å². The number of ether oxygens (including phenoxy) is 3. The van der Waals surface area contributed by atoms with Gasteiger partial charge in [0, 0.05) is 0 Å². The highest BCUT2D eigenvalue weighted by molar-refractivity contribution is 5.37. The Morgan fingerprint density at radius 1 is 0.810 bits per heavy atom. The molecule has 5 heteroatoms. The summed E-state index contributed by atoms with van der Waals surface area (Å²) >= 11 is 0. The minimum atomic E-state index is 0.280. The van der Waals surface area contributed by atoms with E-state index in [2.05, 4.69) is 16.9 Å². The van der Waals surface area contributed by atoms with Crippen molar-refractivity contribution < 1.29 is 14.2 Å². The molecule has 1 heterocycles. The zero-order valence-electron chi connectivity index (χ0n) is 13.8. The van der Waals surface area contributed by atoms with Gasteiger partial charge >= 0.3 is 6.01 Å². The molecule has 0 aromatic carbocycles. The zero-order valence-corrected chi connectivity index (χ0v) is 13.8. The van der Waals surface area contributed by atoms with Crippen LogP contribution in [0.15, 0.2) is 0 Å². The Bertz CT molecular complexity index is 411. The molecule has 0 saturated carbocycles. The number of nitrogens with zero attached hydrogens (tertiary/aromatic N) is 2. The first-order chi connectivity index (χ1) is 10.3. The maximum atomic E-state index is 5.61. The smallest absolute Gasteiger partial charge is 0.322 e. The van der Waals surface area contributed by atoms with Gasteiger partial charge in [-0.2, -0.15) is 9.97 Å². The average molecular weight is 296 g/mol. The van der Waals surface area contributed by atoms with E-state index in [-0.39, 0.29) is 6.01 Å². The van der Waals surface area contributed by atoms with Gasteiger partial charge in [-0.3, -0.25) is 0 Å². The van der Waals surface area contributed by atoms with Gasteiger partial charge in [0.2, 0.25) is 11.8 Å². The standard InChI is InChI=1S/C16H28N2O3/c1-5-7-8-9-10-11-12-13-14(19-3)17-16(20-4)18-15(13)21-6-2/h5-12H2,1-4H3. The van der Waals surface area contributed by atoms with Crippen LogP contribution >= 0.6 is 0 Å². The number of hydrogen-bond donors (Lipinski definition) is 0. The van der Waals surface area contributed by atoms with Crippen molar-refractivity contribution in [1.82, 2.24) is 9.97 Å². The summed E-state index contributed by atoms with van der Waals surface area (Å²) in [4.78, 5) is 8.53. The summed E-state index contributed by atoms with van der Waals surface area (Å²) in [5.41, 5.74) is 0.940. The number of unbranched alkanes of at least 4 members (excludes halogenated alkanes) is 5. The molecule has 1 aromatic rings. The number of aromatic nitrogens is 2. The van der Waals surface area contributed by atoms with Gasteiger partial charge < -0.3 is 14.2 Å². The van der Waals surface area contributed by atoms with E-state index in [1.54, 1.807) is 7.11 Å². The quantitative estimate of drug-likeness (QED) is 0.581. The van der Waals surface area contributed by atoms with E-state index in [1.165, 1.54) is 39.2 Å². The summed E-state index contributed by atoms with van der Waals surface area (Å²) in [5, 5.41) is 0. The van der Waals surface area contributed by atoms with E-state index in [0.29, 0.717) is 18.4 Å². The van der Waals surface area contributed by atoms with Crippen LogP contribution in [0.25, 0.3) is 0 Å². The first-order valence-corrected chi connectivity index (χ1v) is 7.88. The average Bonchev–Trinajstić information content (AvgIpc) is 2.51. The van der Waals surface area contributed by atoms with Gasteiger partial charge in [0.15, 0.2) is 0 Å². The number of methoxy groups -OCH3 is 2. The van der Waals surface area contributed by atoms with Crippen molar-refractivity contribution in [2.45, 2.75) is 58.8 Å². The van der Waals surface area contributed by atoms with Gasteiger partial charge in [-0.15, -0.1) is 0 Å². The van der Waals surface area contributed by atoms with Gasteiger partial charge in [0.05, 0.1) is 26.4 Å². The van der Waals surface area contributed by atoms with Gasteiger partial charge in [0.1, 0.15) is 0 Å². The van der Waals surface area contributed by atoms with Crippen molar-refractivity contribution in [3.63, 3.8) is 0 Å². The van der Waals surface area contributed by atoms with E-state index in [4.69, 9.17) is 14.2 Å². The summed E-state index contributed by atoms with van der Waals surface area (Å²) in [6.45, 7) is 4.73. The molecule has 0 amide bonds. The third-order valence-electron chi connectivity index (χ3n) is 3.35. The van der Waals surface area contributed by atoms with Gasteiger partial charge in [-0.25, -0.2) is 0 Å². The zero-order chi connectivity index (χ0) is 15.5. The third-order valence-corrected chi connectivity index (χ3v) is 3.35. The molecule has 0 radical (unpaired) electrons. The van der Waals surface area contributed by atoms with E-state index >= 15 is 0 Å². The molecule has 120 valence electrons. The largest absolute Gasteiger partial charge is 0.481 e. The summed E-state index contributed by atoms with van der Waals surface area (Å²) in [7, 11) is 3.15. The molecule has 0 unspecified atom stereocenters. The molecule has 21 heavy (non-hydrogen) atoms. The Hall–Kier alpha value is -1.52. The Balaban J connectivity index is 2.69. The highest BCUT2D eigenvalue weighted by Gasteiger charge is 2.16. The van der Waals surface area contributed by atoms with Crippen LogP contribution in [0.4, 0.5) is 0 Å². The maximum Gasteiger partial charge on any atom is 0.322 e. The summed E-state index contributed by atoms with van der Waals surface area (Å²) < 4.78 is 16.1. The van der Waals surface area contributed by atoms with Gasteiger partial charge in [-0.1, -0.05) is 39.0 Å². The van der Waals surface area contributed by atoms with Crippen LogP contribution in [-0.4, -0.2) is 30.8 Å². The van der Waals surface area contributed by atoms with Crippen LogP contribution < -0.4 is 14.2 Å². The first-order valence-electron chi connectivity index (χ1n) is 7.88. The maximum absolute atomic E-state index is 5.61. The summed E-state index contributed by atoms with van der Waals surface area (Å²) in [5.74, 6) is 1.13. The molecule has 0 fully saturated rings. The minimum Gasteiger partial charge on any atom is -0.481 e. The lowest BCUT2D eigenvalue weighted by Crippen LogP contribution is -2.06. The topological polar surface area (TPSA) is 53.5 Å². The second-order valence-electron chi connectivity index (χ2n) is 4.95. The minimum absolute atomic E-state index is 0.280. The molecule has 0 aliphatic rings. The predicted octanol–water partition coefficient (Wildman–Crippen LogP) is 3.80. The fourth-order valence-electron chi connectivity index (χ4n) is 2.24. The van der Waals surface area contributed by atoms with E-state index in [0.717, 1.165) is 18.4 Å². The Labute approximate surface area is 128 Å². The Morgan fingerprint density at radius 2 is 1.48 bits per heavy atom. The molecule has 1 aromatic heterocycles. The third kappa shape index (κ3) is 5.78. The Morgan fingerprint density at radius 3 is 2.10 bits per heavy atom. The predicted molar refractivity (Wildman–Crippen MR) is 83.4 cm³/mol. The van der Waals surface area contributed by atoms with Crippen LogP contribution in [0.1, 0.15) is 57.9 Å². The molecule has 5 nitrogen and oxygen atoms in total. The lowest BCUT2D eigenvalue weighted by Gasteiger charge is -2.13. The second kappa shape index (κ2) is 10.2. The molecule has 0 spiro atoms. The summed E-state index contributed by atoms with van der Waals surface area (Å²) in [6.07, 6.45) is 8.35. The summed E-state index contributed by atoms with van der Waals surface area (Å²) in [6, 6.07) is 0.280. The van der Waals surface area contributed by atoms with Gasteiger partial charge in [0.25, 0.3) is 0 Å². The first kappa shape index (κ1) is 17.5. The van der Waals surface area contributed by atoms with Crippen LogP contribution in [0.2, 0.25) is 0 Å². The van der Waals surface area contributed by atoms with Crippen LogP contribution in [0.5, 0.6) is 17.8 Å². The molecular formula is C16H28N2O3. The monoisotopic (exact) mass is 296 g/mol. The van der Waals surface area contributed by atoms with E-state index < -0.39 is 0 Å². The van der Waals surface area contributed by atoms with Crippen molar-refractivity contribution in [2.75, 3.05) is 20.8 Å². The van der Waals surface area contributed by atoms with E-state index in [9.17, 15) is 0 Å². The fraction of sp³-hybridized carbons (Fsp3) is 0.750. The highest BCUT2D eigenvalue weighted by atomic mass is 16.5. The molecule has 0 aliphatic heterocycles. The van der Waals surface area contributed by atoms with Crippen molar-refractivity contribution in [2.24, 2.45) is 0 Å². The van der Waals surface area contributed by atoms with Crippen LogP contribution in [0, 0.1) is 0 Å². The second-order valence-corrected chi connectivity index (χ2v) is 4.95. The van der Waals surface area contributed by atoms with Crippen LogP contribution in [-0.2, 0) is 6.42 Å². The lowest BCUT2D eigenvalue weighted by atomic mass is 10.1. The van der Waals surface area contributed by atoms with Crippen molar-refractivity contribution in [3.05, 3.63) is 5.56 Å². The number of rotatable bonds is 11. The Kier molecular flexibility index (Phi) is 8.55. The molecule has 0 saturated heterocycles. The van der Waals surface area contributed by atoms with Crippen molar-refractivity contribution in [3.8, 4) is 17.8 Å². The molecular weight excluding hydrogens is 268 g/mol. The molecule has 0 N–H and O–H groups in total. The highest BCUT2D eigenvalue weighted by Crippen LogP contribution is 2.29. The SMILES string of the molecule is CCCCCCCCc1c(OC)nc(OC)nc1OCC. The lowest BCUT2D eigenvalue weighted by molar-refractivity contribution is 0.294. The van der Waals surface area contributed by atoms with Crippen LogP contribution in [0.3, 0.4) is 0 Å². The van der Waals surface area contributed by atoms with Gasteiger partial charge in [-0.05, 0) is 19.8 Å². The normalized spacial score (nSPS) is 10.5. The molecule has 0 atom stereocenters. The molecule has 0 aliphatic carbocycles. The molecule has 0 bridgehead atoms. The van der Waals surface area contributed by atoms with Crippen molar-refractivity contribution >= 4 is 0 Å².